The fraction of sp³-hybridized carbons (Fsp3) is 0.538. The van der Waals surface area contributed by atoms with Crippen LogP contribution in [-0.4, -0.2) is 27.3 Å². The molecule has 1 rings (SSSR count). The van der Waals surface area contributed by atoms with Gasteiger partial charge in [0.1, 0.15) is 12.4 Å². The van der Waals surface area contributed by atoms with E-state index in [9.17, 15) is 8.42 Å². The Kier molecular flexibility index (Phi) is 6.62. The van der Waals surface area contributed by atoms with Gasteiger partial charge >= 0.3 is 0 Å². The van der Waals surface area contributed by atoms with Gasteiger partial charge in [-0.25, -0.2) is 13.1 Å². The maximum Gasteiger partial charge on any atom is 0.211 e. The van der Waals surface area contributed by atoms with E-state index in [-0.39, 0.29) is 18.9 Å². The quantitative estimate of drug-likeness (QED) is 0.751. The van der Waals surface area contributed by atoms with Crippen LogP contribution in [0, 0.1) is 6.92 Å². The van der Waals surface area contributed by atoms with Gasteiger partial charge in [0, 0.05) is 6.54 Å². The van der Waals surface area contributed by atoms with Crippen LogP contribution in [-0.2, 0) is 10.0 Å². The predicted molar refractivity (Wildman–Crippen MR) is 78.4 cm³/mol. The number of benzene rings is 1. The highest BCUT2D eigenvalue weighted by atomic mass is 35.5. The number of hydrogen-bond donors (Lipinski definition) is 1. The second-order valence-electron chi connectivity index (χ2n) is 4.35. The lowest BCUT2D eigenvalue weighted by molar-refractivity contribution is 0.323. The van der Waals surface area contributed by atoms with Crippen molar-refractivity contribution in [2.24, 2.45) is 0 Å². The van der Waals surface area contributed by atoms with Gasteiger partial charge in [0.25, 0.3) is 0 Å². The fourth-order valence-corrected chi connectivity index (χ4v) is 2.87. The van der Waals surface area contributed by atoms with Crippen molar-refractivity contribution < 1.29 is 13.2 Å². The second kappa shape index (κ2) is 7.72. The van der Waals surface area contributed by atoms with Crippen molar-refractivity contribution in [3.8, 4) is 5.75 Å². The average molecular weight is 306 g/mol. The number of sulfonamides is 1. The van der Waals surface area contributed by atoms with Gasteiger partial charge in [-0.15, -0.1) is 0 Å². The first-order chi connectivity index (χ1) is 8.94. The topological polar surface area (TPSA) is 55.4 Å². The summed E-state index contributed by atoms with van der Waals surface area (Å²) in [6, 6.07) is 5.48. The normalized spacial score (nSPS) is 11.5. The zero-order valence-electron chi connectivity index (χ0n) is 11.3. The van der Waals surface area contributed by atoms with Crippen LogP contribution < -0.4 is 9.46 Å². The molecular formula is C13H20ClNO3S. The number of unbranched alkanes of at least 4 members (excludes halogenated alkanes) is 1. The van der Waals surface area contributed by atoms with Crippen LogP contribution in [0.1, 0.15) is 25.3 Å². The molecule has 4 nitrogen and oxygen atoms in total. The molecule has 0 aliphatic carbocycles. The number of hydrogen-bond acceptors (Lipinski definition) is 3. The molecular weight excluding hydrogens is 286 g/mol. The molecule has 108 valence electrons. The van der Waals surface area contributed by atoms with Crippen LogP contribution in [0.4, 0.5) is 0 Å². The summed E-state index contributed by atoms with van der Waals surface area (Å²) in [6.07, 6.45) is 1.52. The molecule has 0 amide bonds. The fourth-order valence-electron chi connectivity index (χ4n) is 1.49. The molecule has 0 aromatic heterocycles. The average Bonchev–Trinajstić information content (AvgIpc) is 2.36. The van der Waals surface area contributed by atoms with Crippen LogP contribution in [0.3, 0.4) is 0 Å². The molecule has 0 saturated heterocycles. The summed E-state index contributed by atoms with van der Waals surface area (Å²) < 4.78 is 31.0. The molecule has 0 aliphatic rings. The summed E-state index contributed by atoms with van der Waals surface area (Å²) in [5.74, 6) is 0.740. The third-order valence-corrected chi connectivity index (χ3v) is 4.32. The van der Waals surface area contributed by atoms with E-state index in [0.29, 0.717) is 17.2 Å². The van der Waals surface area contributed by atoms with E-state index in [1.54, 1.807) is 6.07 Å². The number of rotatable bonds is 8. The predicted octanol–water partition coefficient (Wildman–Crippen LogP) is 2.75. The zero-order chi connectivity index (χ0) is 14.3. The highest BCUT2D eigenvalue weighted by molar-refractivity contribution is 7.89. The number of nitrogens with one attached hydrogen (secondary N) is 1. The summed E-state index contributed by atoms with van der Waals surface area (Å²) in [5.41, 5.74) is 1.04. The molecule has 6 heteroatoms. The minimum Gasteiger partial charge on any atom is -0.491 e. The molecule has 1 aromatic carbocycles. The van der Waals surface area contributed by atoms with E-state index >= 15 is 0 Å². The first kappa shape index (κ1) is 16.3. The summed E-state index contributed by atoms with van der Waals surface area (Å²) in [4.78, 5) is 0. The highest BCUT2D eigenvalue weighted by Gasteiger charge is 2.08. The molecule has 0 atom stereocenters. The van der Waals surface area contributed by atoms with Crippen molar-refractivity contribution in [3.63, 3.8) is 0 Å². The third-order valence-electron chi connectivity index (χ3n) is 2.53. The van der Waals surface area contributed by atoms with E-state index in [1.165, 1.54) is 0 Å². The smallest absolute Gasteiger partial charge is 0.211 e. The Hall–Kier alpha value is -0.780. The second-order valence-corrected chi connectivity index (χ2v) is 6.68. The maximum atomic E-state index is 11.5. The summed E-state index contributed by atoms with van der Waals surface area (Å²) in [5, 5.41) is 0.527. The van der Waals surface area contributed by atoms with E-state index in [4.69, 9.17) is 16.3 Å². The number of ether oxygens (including phenoxy) is 1. The Morgan fingerprint density at radius 3 is 2.79 bits per heavy atom. The minimum absolute atomic E-state index is 0.161. The van der Waals surface area contributed by atoms with Crippen molar-refractivity contribution in [1.82, 2.24) is 4.72 Å². The summed E-state index contributed by atoms with van der Waals surface area (Å²) in [7, 11) is -3.18. The first-order valence-electron chi connectivity index (χ1n) is 6.31. The van der Waals surface area contributed by atoms with Gasteiger partial charge in [0.2, 0.25) is 10.0 Å². The van der Waals surface area contributed by atoms with Crippen molar-refractivity contribution in [3.05, 3.63) is 28.8 Å². The van der Waals surface area contributed by atoms with E-state index < -0.39 is 10.0 Å². The van der Waals surface area contributed by atoms with E-state index in [2.05, 4.69) is 4.72 Å². The Morgan fingerprint density at radius 2 is 2.11 bits per heavy atom. The Labute approximate surface area is 120 Å². The van der Waals surface area contributed by atoms with Crippen molar-refractivity contribution in [1.29, 1.82) is 0 Å². The van der Waals surface area contributed by atoms with Crippen LogP contribution in [0.2, 0.25) is 5.02 Å². The van der Waals surface area contributed by atoms with Crippen LogP contribution in [0.25, 0.3) is 0 Å². The van der Waals surface area contributed by atoms with Crippen LogP contribution >= 0.6 is 11.6 Å². The molecule has 0 heterocycles. The molecule has 1 N–H and O–H groups in total. The van der Waals surface area contributed by atoms with Gasteiger partial charge in [-0.3, -0.25) is 0 Å². The molecule has 0 radical (unpaired) electrons. The molecule has 0 bridgehead atoms. The van der Waals surface area contributed by atoms with Gasteiger partial charge in [-0.2, -0.15) is 0 Å². The van der Waals surface area contributed by atoms with Gasteiger partial charge in [-0.1, -0.05) is 31.0 Å². The highest BCUT2D eigenvalue weighted by Crippen LogP contribution is 2.24. The molecule has 0 aliphatic heterocycles. The van der Waals surface area contributed by atoms with Crippen molar-refractivity contribution in [2.75, 3.05) is 18.9 Å². The summed E-state index contributed by atoms with van der Waals surface area (Å²) >= 11 is 5.97. The number of aryl methyl sites for hydroxylation is 1. The van der Waals surface area contributed by atoms with Crippen molar-refractivity contribution in [2.45, 2.75) is 26.7 Å². The van der Waals surface area contributed by atoms with Gasteiger partial charge < -0.3 is 4.74 Å². The lowest BCUT2D eigenvalue weighted by Gasteiger charge is -2.10. The van der Waals surface area contributed by atoms with E-state index in [0.717, 1.165) is 12.0 Å². The lowest BCUT2D eigenvalue weighted by atomic mass is 10.2. The Bertz CT molecular complexity index is 503. The van der Waals surface area contributed by atoms with E-state index in [1.807, 2.05) is 26.0 Å². The molecule has 0 fully saturated rings. The molecule has 1 aromatic rings. The Morgan fingerprint density at radius 1 is 1.37 bits per heavy atom. The molecule has 0 saturated carbocycles. The molecule has 0 unspecified atom stereocenters. The SMILES string of the molecule is CCCCS(=O)(=O)NCCOc1cc(C)ccc1Cl. The largest absolute Gasteiger partial charge is 0.491 e. The third kappa shape index (κ3) is 6.27. The zero-order valence-corrected chi connectivity index (χ0v) is 12.9. The standard InChI is InChI=1S/C13H20ClNO3S/c1-3-4-9-19(16,17)15-7-8-18-13-10-11(2)5-6-12(13)14/h5-6,10,15H,3-4,7-9H2,1-2H3. The lowest BCUT2D eigenvalue weighted by Crippen LogP contribution is -2.30. The number of halogens is 1. The summed E-state index contributed by atoms with van der Waals surface area (Å²) in [6.45, 7) is 4.40. The first-order valence-corrected chi connectivity index (χ1v) is 8.34. The van der Waals surface area contributed by atoms with Crippen molar-refractivity contribution >= 4 is 21.6 Å². The van der Waals surface area contributed by atoms with Crippen LogP contribution in [0.5, 0.6) is 5.75 Å². The van der Waals surface area contributed by atoms with Gasteiger partial charge in [-0.05, 0) is 31.0 Å². The van der Waals surface area contributed by atoms with Gasteiger partial charge in [0.15, 0.2) is 0 Å². The Balaban J connectivity index is 2.37. The van der Waals surface area contributed by atoms with Gasteiger partial charge in [0.05, 0.1) is 10.8 Å². The monoisotopic (exact) mass is 305 g/mol. The van der Waals surface area contributed by atoms with Crippen LogP contribution in [0.15, 0.2) is 18.2 Å². The minimum atomic E-state index is -3.18. The molecule has 19 heavy (non-hydrogen) atoms. The maximum absolute atomic E-state index is 11.5. The molecule has 0 spiro atoms.